The molecule has 0 saturated carbocycles. The van der Waals surface area contributed by atoms with Crippen LogP contribution in [0.15, 0.2) is 77.3 Å². The third-order valence-electron chi connectivity index (χ3n) is 4.55. The van der Waals surface area contributed by atoms with Gasteiger partial charge in [-0.2, -0.15) is 4.98 Å². The number of nitrogens with zero attached hydrogens (tertiary/aromatic N) is 2. The van der Waals surface area contributed by atoms with Gasteiger partial charge in [-0.1, -0.05) is 35.5 Å². The molecule has 0 bridgehead atoms. The molecule has 3 aromatic carbocycles. The zero-order valence-corrected chi connectivity index (χ0v) is 17.2. The minimum absolute atomic E-state index is 0.0283. The number of halogens is 1. The van der Waals surface area contributed by atoms with Crippen LogP contribution in [0, 0.1) is 12.7 Å². The van der Waals surface area contributed by atoms with Crippen molar-refractivity contribution < 1.29 is 23.2 Å². The molecule has 0 atom stereocenters. The van der Waals surface area contributed by atoms with E-state index in [9.17, 15) is 9.18 Å². The summed E-state index contributed by atoms with van der Waals surface area (Å²) in [6.45, 7) is 1.77. The van der Waals surface area contributed by atoms with Gasteiger partial charge in [0.15, 0.2) is 13.2 Å². The summed E-state index contributed by atoms with van der Waals surface area (Å²) in [5.74, 6) is 0.847. The molecular weight excluding hydrogens is 413 g/mol. The Morgan fingerprint density at radius 3 is 2.56 bits per heavy atom. The average molecular weight is 433 g/mol. The van der Waals surface area contributed by atoms with E-state index in [1.165, 1.54) is 24.3 Å². The van der Waals surface area contributed by atoms with Crippen LogP contribution in [0.1, 0.15) is 11.5 Å². The van der Waals surface area contributed by atoms with E-state index in [1.807, 2.05) is 31.2 Å². The number of rotatable bonds is 8. The number of aryl methyl sites for hydroxylation is 1. The quantitative estimate of drug-likeness (QED) is 0.430. The first-order valence-electron chi connectivity index (χ1n) is 9.87. The highest BCUT2D eigenvalue weighted by molar-refractivity contribution is 5.92. The van der Waals surface area contributed by atoms with Crippen LogP contribution in [-0.2, 0) is 11.4 Å². The molecule has 7 nitrogen and oxygen atoms in total. The smallest absolute Gasteiger partial charge is 0.264 e. The number of anilines is 1. The molecule has 4 aromatic rings. The van der Waals surface area contributed by atoms with Gasteiger partial charge in [0, 0.05) is 5.69 Å². The molecule has 4 rings (SSSR count). The molecule has 32 heavy (non-hydrogen) atoms. The molecule has 1 aromatic heterocycles. The number of para-hydroxylation sites is 2. The van der Waals surface area contributed by atoms with Gasteiger partial charge in [-0.25, -0.2) is 4.39 Å². The zero-order valence-electron chi connectivity index (χ0n) is 17.2. The Balaban J connectivity index is 1.39. The van der Waals surface area contributed by atoms with Crippen molar-refractivity contribution in [1.29, 1.82) is 0 Å². The van der Waals surface area contributed by atoms with Gasteiger partial charge in [0.2, 0.25) is 5.82 Å². The first-order valence-corrected chi connectivity index (χ1v) is 9.87. The van der Waals surface area contributed by atoms with E-state index in [1.54, 1.807) is 24.3 Å². The van der Waals surface area contributed by atoms with E-state index < -0.39 is 0 Å². The highest BCUT2D eigenvalue weighted by atomic mass is 19.1. The van der Waals surface area contributed by atoms with E-state index >= 15 is 0 Å². The fourth-order valence-corrected chi connectivity index (χ4v) is 2.92. The summed E-state index contributed by atoms with van der Waals surface area (Å²) in [6, 6.07) is 20.2. The van der Waals surface area contributed by atoms with Crippen molar-refractivity contribution in [1.82, 2.24) is 10.1 Å². The van der Waals surface area contributed by atoms with Gasteiger partial charge in [-0.3, -0.25) is 4.79 Å². The van der Waals surface area contributed by atoms with Crippen molar-refractivity contribution in [2.75, 3.05) is 11.9 Å². The lowest BCUT2D eigenvalue weighted by atomic mass is 10.2. The average Bonchev–Trinajstić information content (AvgIpc) is 3.28. The Morgan fingerprint density at radius 2 is 1.75 bits per heavy atom. The number of amides is 1. The molecule has 8 heteroatoms. The van der Waals surface area contributed by atoms with Crippen LogP contribution in [0.25, 0.3) is 11.4 Å². The molecule has 0 fully saturated rings. The minimum Gasteiger partial charge on any atom is -0.484 e. The Labute approximate surface area is 183 Å². The highest BCUT2D eigenvalue weighted by Crippen LogP contribution is 2.28. The number of ether oxygens (including phenoxy) is 2. The molecule has 0 aliphatic carbocycles. The lowest BCUT2D eigenvalue weighted by molar-refractivity contribution is -0.118. The maximum Gasteiger partial charge on any atom is 0.264 e. The SMILES string of the molecule is Cc1ccccc1NC(=O)COc1ccccc1-c1noc(COc2ccc(F)cc2)n1. The molecule has 0 unspecified atom stereocenters. The van der Waals surface area contributed by atoms with Crippen molar-refractivity contribution in [3.8, 4) is 22.9 Å². The van der Waals surface area contributed by atoms with Gasteiger partial charge >= 0.3 is 0 Å². The van der Waals surface area contributed by atoms with Gasteiger partial charge in [0.05, 0.1) is 5.56 Å². The van der Waals surface area contributed by atoms with Crippen LogP contribution in [0.5, 0.6) is 11.5 Å². The molecule has 0 aliphatic rings. The number of carbonyl (C=O) groups is 1. The Kier molecular flexibility index (Phi) is 6.41. The number of carbonyl (C=O) groups excluding carboxylic acids is 1. The second-order valence-electron chi connectivity index (χ2n) is 6.90. The minimum atomic E-state index is -0.346. The van der Waals surface area contributed by atoms with E-state index in [-0.39, 0.29) is 30.8 Å². The molecule has 1 amide bonds. The van der Waals surface area contributed by atoms with Crippen LogP contribution in [0.2, 0.25) is 0 Å². The first kappa shape index (κ1) is 21.0. The van der Waals surface area contributed by atoms with Gasteiger partial charge in [-0.05, 0) is 55.0 Å². The molecule has 1 N–H and O–H groups in total. The van der Waals surface area contributed by atoms with Gasteiger partial charge in [0.1, 0.15) is 17.3 Å². The normalized spacial score (nSPS) is 10.6. The van der Waals surface area contributed by atoms with Crippen LogP contribution >= 0.6 is 0 Å². The van der Waals surface area contributed by atoms with Gasteiger partial charge in [0.25, 0.3) is 11.8 Å². The summed E-state index contributed by atoms with van der Waals surface area (Å²) in [6.07, 6.45) is 0. The standard InChI is InChI=1S/C24H20FN3O4/c1-16-6-2-4-8-20(16)26-22(29)14-31-21-9-5-3-7-19(21)24-27-23(32-28-24)15-30-18-12-10-17(25)11-13-18/h2-13H,14-15H2,1H3,(H,26,29). The second kappa shape index (κ2) is 9.74. The molecule has 0 aliphatic heterocycles. The van der Waals surface area contributed by atoms with Crippen molar-refractivity contribution in [3.63, 3.8) is 0 Å². The number of aromatic nitrogens is 2. The fourth-order valence-electron chi connectivity index (χ4n) is 2.92. The molecule has 0 spiro atoms. The number of nitrogens with one attached hydrogen (secondary N) is 1. The lowest BCUT2D eigenvalue weighted by Crippen LogP contribution is -2.20. The summed E-state index contributed by atoms with van der Waals surface area (Å²) in [7, 11) is 0. The second-order valence-corrected chi connectivity index (χ2v) is 6.90. The molecule has 0 saturated heterocycles. The van der Waals surface area contributed by atoms with E-state index in [4.69, 9.17) is 14.0 Å². The maximum absolute atomic E-state index is 13.0. The van der Waals surface area contributed by atoms with Gasteiger partial charge < -0.3 is 19.3 Å². The molecular formula is C24H20FN3O4. The summed E-state index contributed by atoms with van der Waals surface area (Å²) < 4.78 is 29.5. The van der Waals surface area contributed by atoms with Crippen molar-refractivity contribution in [3.05, 3.63) is 90.1 Å². The van der Waals surface area contributed by atoms with Crippen LogP contribution in [0.4, 0.5) is 10.1 Å². The molecule has 0 radical (unpaired) electrons. The first-order chi connectivity index (χ1) is 15.6. The van der Waals surface area contributed by atoms with E-state index in [0.717, 1.165) is 11.3 Å². The predicted molar refractivity (Wildman–Crippen MR) is 116 cm³/mol. The maximum atomic E-state index is 13.0. The third kappa shape index (κ3) is 5.28. The van der Waals surface area contributed by atoms with Crippen molar-refractivity contribution >= 4 is 11.6 Å². The summed E-state index contributed by atoms with van der Waals surface area (Å²) in [4.78, 5) is 16.6. The van der Waals surface area contributed by atoms with Crippen molar-refractivity contribution in [2.45, 2.75) is 13.5 Å². The summed E-state index contributed by atoms with van der Waals surface area (Å²) in [5.41, 5.74) is 2.27. The summed E-state index contributed by atoms with van der Waals surface area (Å²) >= 11 is 0. The Bertz CT molecular complexity index is 1210. The van der Waals surface area contributed by atoms with E-state index in [2.05, 4.69) is 15.5 Å². The van der Waals surface area contributed by atoms with Crippen molar-refractivity contribution in [2.24, 2.45) is 0 Å². The number of hydrogen-bond donors (Lipinski definition) is 1. The van der Waals surface area contributed by atoms with Crippen LogP contribution in [0.3, 0.4) is 0 Å². The van der Waals surface area contributed by atoms with E-state index in [0.29, 0.717) is 22.9 Å². The topological polar surface area (TPSA) is 86.5 Å². The largest absolute Gasteiger partial charge is 0.484 e. The lowest BCUT2D eigenvalue weighted by Gasteiger charge is -2.11. The van der Waals surface area contributed by atoms with Crippen LogP contribution in [-0.4, -0.2) is 22.7 Å². The fraction of sp³-hybridized carbons (Fsp3) is 0.125. The summed E-state index contributed by atoms with van der Waals surface area (Å²) in [5, 5.41) is 6.80. The highest BCUT2D eigenvalue weighted by Gasteiger charge is 2.15. The number of hydrogen-bond acceptors (Lipinski definition) is 6. The van der Waals surface area contributed by atoms with Crippen LogP contribution < -0.4 is 14.8 Å². The Hall–Kier alpha value is -4.20. The number of benzene rings is 3. The Morgan fingerprint density at radius 1 is 1.00 bits per heavy atom. The predicted octanol–water partition coefficient (Wildman–Crippen LogP) is 4.78. The van der Waals surface area contributed by atoms with Gasteiger partial charge in [-0.15, -0.1) is 0 Å². The monoisotopic (exact) mass is 433 g/mol. The zero-order chi connectivity index (χ0) is 22.3. The third-order valence-corrected chi connectivity index (χ3v) is 4.55. The molecule has 162 valence electrons. The molecule has 1 heterocycles.